The van der Waals surface area contributed by atoms with Gasteiger partial charge in [-0.25, -0.2) is 10.0 Å². The third-order valence-corrected chi connectivity index (χ3v) is 7.25. The lowest BCUT2D eigenvalue weighted by Gasteiger charge is -2.34. The van der Waals surface area contributed by atoms with Crippen LogP contribution in [0.4, 0.5) is 0 Å². The van der Waals surface area contributed by atoms with Gasteiger partial charge in [-0.1, -0.05) is 6.92 Å². The van der Waals surface area contributed by atoms with E-state index in [-0.39, 0.29) is 17.9 Å². The molecule has 1 aromatic carbocycles. The summed E-state index contributed by atoms with van der Waals surface area (Å²) in [5, 5.41) is 19.3. The number of nitrogens with zero attached hydrogens (tertiary/aromatic N) is 5. The zero-order chi connectivity index (χ0) is 22.7. The number of rotatable bonds is 7. The van der Waals surface area contributed by atoms with Gasteiger partial charge in [0, 0.05) is 23.2 Å². The molecular formula is C24H29N5O2S. The van der Waals surface area contributed by atoms with Crippen LogP contribution in [0.3, 0.4) is 0 Å². The van der Waals surface area contributed by atoms with E-state index in [0.717, 1.165) is 60.3 Å². The average Bonchev–Trinajstić information content (AvgIpc) is 3.43. The molecule has 168 valence electrons. The first kappa shape index (κ1) is 22.4. The molecule has 1 atom stereocenters. The SMILES string of the molecule is CCC(c1csc(C)n1)N(OC)C(=O)C1CCC(Cn2ncc3ccc(C#N)cc32)CC1. The van der Waals surface area contributed by atoms with Crippen LogP contribution in [0, 0.1) is 30.1 Å². The molecule has 0 saturated heterocycles. The first-order chi connectivity index (χ1) is 15.5. The number of amides is 1. The highest BCUT2D eigenvalue weighted by molar-refractivity contribution is 7.09. The monoisotopic (exact) mass is 451 g/mol. The number of hydrogen-bond donors (Lipinski definition) is 0. The summed E-state index contributed by atoms with van der Waals surface area (Å²) in [5.74, 6) is 0.498. The summed E-state index contributed by atoms with van der Waals surface area (Å²) < 4.78 is 2.00. The summed E-state index contributed by atoms with van der Waals surface area (Å²) in [6, 6.07) is 7.72. The molecule has 0 bridgehead atoms. The number of thiazole rings is 1. The third kappa shape index (κ3) is 4.54. The quantitative estimate of drug-likeness (QED) is 0.471. The van der Waals surface area contributed by atoms with Crippen molar-refractivity contribution in [1.29, 1.82) is 5.26 Å². The number of fused-ring (bicyclic) bond motifs is 1. The highest BCUT2D eigenvalue weighted by atomic mass is 32.1. The number of nitriles is 1. The van der Waals surface area contributed by atoms with Crippen LogP contribution >= 0.6 is 11.3 Å². The van der Waals surface area contributed by atoms with Crippen molar-refractivity contribution in [2.24, 2.45) is 11.8 Å². The molecule has 7 nitrogen and oxygen atoms in total. The van der Waals surface area contributed by atoms with Gasteiger partial charge in [-0.15, -0.1) is 11.3 Å². The number of hydroxylamine groups is 2. The number of benzene rings is 1. The van der Waals surface area contributed by atoms with Crippen molar-refractivity contribution in [3.63, 3.8) is 0 Å². The van der Waals surface area contributed by atoms with Gasteiger partial charge in [-0.05, 0) is 63.1 Å². The smallest absolute Gasteiger partial charge is 0.249 e. The molecule has 0 aliphatic heterocycles. The Labute approximate surface area is 192 Å². The molecule has 1 aliphatic rings. The minimum Gasteiger partial charge on any atom is -0.274 e. The van der Waals surface area contributed by atoms with E-state index in [1.165, 1.54) is 0 Å². The van der Waals surface area contributed by atoms with E-state index in [4.69, 9.17) is 4.84 Å². The van der Waals surface area contributed by atoms with Crippen LogP contribution in [-0.2, 0) is 16.2 Å². The molecule has 1 amide bonds. The summed E-state index contributed by atoms with van der Waals surface area (Å²) >= 11 is 1.60. The summed E-state index contributed by atoms with van der Waals surface area (Å²) in [4.78, 5) is 23.5. The predicted octanol–water partition coefficient (Wildman–Crippen LogP) is 5.02. The maximum Gasteiger partial charge on any atom is 0.249 e. The molecule has 2 aromatic heterocycles. The normalized spacial score (nSPS) is 19.6. The van der Waals surface area contributed by atoms with Crippen LogP contribution < -0.4 is 0 Å². The first-order valence-electron chi connectivity index (χ1n) is 11.2. The lowest BCUT2D eigenvalue weighted by molar-refractivity contribution is -0.196. The average molecular weight is 452 g/mol. The Hall–Kier alpha value is -2.76. The molecule has 1 saturated carbocycles. The molecule has 8 heteroatoms. The number of aryl methyl sites for hydroxylation is 1. The lowest BCUT2D eigenvalue weighted by atomic mass is 9.81. The van der Waals surface area contributed by atoms with Crippen molar-refractivity contribution in [1.82, 2.24) is 19.8 Å². The number of hydrogen-bond acceptors (Lipinski definition) is 6. The van der Waals surface area contributed by atoms with Crippen molar-refractivity contribution < 1.29 is 9.63 Å². The molecule has 1 aliphatic carbocycles. The maximum atomic E-state index is 13.3. The molecule has 2 heterocycles. The predicted molar refractivity (Wildman–Crippen MR) is 124 cm³/mol. The van der Waals surface area contributed by atoms with Gasteiger partial charge in [0.1, 0.15) is 6.04 Å². The van der Waals surface area contributed by atoms with Gasteiger partial charge in [-0.2, -0.15) is 10.4 Å². The van der Waals surface area contributed by atoms with Gasteiger partial charge >= 0.3 is 0 Å². The van der Waals surface area contributed by atoms with Crippen molar-refractivity contribution in [3.8, 4) is 6.07 Å². The zero-order valence-corrected chi connectivity index (χ0v) is 19.6. The van der Waals surface area contributed by atoms with Crippen LogP contribution in [0.5, 0.6) is 0 Å². The van der Waals surface area contributed by atoms with E-state index in [2.05, 4.69) is 23.1 Å². The van der Waals surface area contributed by atoms with Crippen LogP contribution in [-0.4, -0.2) is 32.8 Å². The van der Waals surface area contributed by atoms with Crippen LogP contribution in [0.1, 0.15) is 61.3 Å². The van der Waals surface area contributed by atoms with Crippen LogP contribution in [0.15, 0.2) is 29.8 Å². The van der Waals surface area contributed by atoms with E-state index in [1.54, 1.807) is 23.5 Å². The van der Waals surface area contributed by atoms with Gasteiger partial charge in [0.25, 0.3) is 0 Å². The first-order valence-corrected chi connectivity index (χ1v) is 12.1. The highest BCUT2D eigenvalue weighted by Crippen LogP contribution is 2.34. The zero-order valence-electron chi connectivity index (χ0n) is 18.8. The van der Waals surface area contributed by atoms with Gasteiger partial charge in [-0.3, -0.25) is 14.3 Å². The van der Waals surface area contributed by atoms with Crippen molar-refractivity contribution >= 4 is 28.1 Å². The lowest BCUT2D eigenvalue weighted by Crippen LogP contribution is -2.39. The second-order valence-corrected chi connectivity index (χ2v) is 9.55. The second kappa shape index (κ2) is 9.80. The Morgan fingerprint density at radius 3 is 2.78 bits per heavy atom. The molecule has 0 radical (unpaired) electrons. The number of carbonyl (C=O) groups is 1. The molecule has 1 fully saturated rings. The van der Waals surface area contributed by atoms with Crippen molar-refractivity contribution in [2.75, 3.05) is 7.11 Å². The molecule has 4 rings (SSSR count). The number of carbonyl (C=O) groups excluding carboxylic acids is 1. The fourth-order valence-corrected chi connectivity index (χ4v) is 5.36. The number of aromatic nitrogens is 3. The van der Waals surface area contributed by atoms with E-state index < -0.39 is 0 Å². The molecule has 32 heavy (non-hydrogen) atoms. The summed E-state index contributed by atoms with van der Waals surface area (Å²) in [7, 11) is 1.57. The fourth-order valence-electron chi connectivity index (χ4n) is 4.70. The molecule has 0 spiro atoms. The molecule has 0 N–H and O–H groups in total. The van der Waals surface area contributed by atoms with E-state index >= 15 is 0 Å². The van der Waals surface area contributed by atoms with Gasteiger partial charge in [0.2, 0.25) is 5.91 Å². The largest absolute Gasteiger partial charge is 0.274 e. The van der Waals surface area contributed by atoms with Crippen molar-refractivity contribution in [3.05, 3.63) is 46.0 Å². The minimum absolute atomic E-state index is 0.0282. The minimum atomic E-state index is -0.153. The topological polar surface area (TPSA) is 84.0 Å². The van der Waals surface area contributed by atoms with Crippen molar-refractivity contribution in [2.45, 2.75) is 58.5 Å². The van der Waals surface area contributed by atoms with E-state index in [1.807, 2.05) is 41.4 Å². The van der Waals surface area contributed by atoms with E-state index in [0.29, 0.717) is 11.5 Å². The second-order valence-electron chi connectivity index (χ2n) is 8.49. The Morgan fingerprint density at radius 1 is 1.38 bits per heavy atom. The van der Waals surface area contributed by atoms with Gasteiger partial charge in [0.15, 0.2) is 0 Å². The Morgan fingerprint density at radius 2 is 2.16 bits per heavy atom. The summed E-state index contributed by atoms with van der Waals surface area (Å²) in [5.41, 5.74) is 2.55. The third-order valence-electron chi connectivity index (χ3n) is 6.46. The Balaban J connectivity index is 1.39. The standard InChI is InChI=1S/C24H29N5O2S/c1-4-22(21-15-32-16(2)27-21)29(31-3)24(30)19-8-5-17(6-9-19)14-28-23-11-18(12-25)7-10-20(23)13-26-28/h7,10-11,13,15,17,19,22H,4-6,8-9,14H2,1-3H3. The summed E-state index contributed by atoms with van der Waals surface area (Å²) in [6.07, 6.45) is 6.25. The molecule has 1 unspecified atom stereocenters. The Bertz CT molecular complexity index is 1120. The fraction of sp³-hybridized carbons (Fsp3) is 0.500. The Kier molecular flexibility index (Phi) is 6.87. The molecule has 3 aromatic rings. The highest BCUT2D eigenvalue weighted by Gasteiger charge is 2.34. The maximum absolute atomic E-state index is 13.3. The molecular weight excluding hydrogens is 422 g/mol. The van der Waals surface area contributed by atoms with Gasteiger partial charge in [0.05, 0.1) is 41.2 Å². The van der Waals surface area contributed by atoms with E-state index in [9.17, 15) is 10.1 Å². The summed E-state index contributed by atoms with van der Waals surface area (Å²) in [6.45, 7) is 4.84. The van der Waals surface area contributed by atoms with Gasteiger partial charge < -0.3 is 0 Å². The van der Waals surface area contributed by atoms with Crippen LogP contribution in [0.25, 0.3) is 10.9 Å². The van der Waals surface area contributed by atoms with Crippen LogP contribution in [0.2, 0.25) is 0 Å².